The highest BCUT2D eigenvalue weighted by molar-refractivity contribution is 7.89. The van der Waals surface area contributed by atoms with Crippen molar-refractivity contribution in [2.45, 2.75) is 24.2 Å². The molecule has 0 bridgehead atoms. The summed E-state index contributed by atoms with van der Waals surface area (Å²) in [5, 5.41) is 8.65. The lowest BCUT2D eigenvalue weighted by molar-refractivity contribution is 0.201. The summed E-state index contributed by atoms with van der Waals surface area (Å²) in [7, 11) is -3.37. The topological polar surface area (TPSA) is 66.8 Å². The fourth-order valence-electron chi connectivity index (χ4n) is 2.13. The van der Waals surface area contributed by atoms with Crippen LogP contribution in [0.2, 0.25) is 0 Å². The summed E-state index contributed by atoms with van der Waals surface area (Å²) in [6.07, 6.45) is 2.95. The number of hydrogen-bond donors (Lipinski definition) is 1. The first kappa shape index (κ1) is 14.3. The van der Waals surface area contributed by atoms with Crippen molar-refractivity contribution < 1.29 is 18.3 Å². The predicted molar refractivity (Wildman–Crippen MR) is 71.6 cm³/mol. The van der Waals surface area contributed by atoms with Crippen LogP contribution in [0.4, 0.5) is 0 Å². The Labute approximate surface area is 113 Å². The molecule has 0 aromatic heterocycles. The van der Waals surface area contributed by atoms with Gasteiger partial charge >= 0.3 is 0 Å². The zero-order chi connectivity index (χ0) is 13.7. The standard InChI is InChI=1S/C13H19NO4S/c15-10-11-18-12-4-6-13(7-5-12)19(16,17)14-8-2-1-3-9-14/h4-7,15H,1-3,8-11H2. The van der Waals surface area contributed by atoms with Gasteiger partial charge in [0.25, 0.3) is 0 Å². The number of benzene rings is 1. The molecule has 1 fully saturated rings. The van der Waals surface area contributed by atoms with Gasteiger partial charge in [0.15, 0.2) is 0 Å². The maximum atomic E-state index is 12.4. The summed E-state index contributed by atoms with van der Waals surface area (Å²) in [6, 6.07) is 6.34. The molecule has 0 spiro atoms. The van der Waals surface area contributed by atoms with Crippen molar-refractivity contribution in [3.63, 3.8) is 0 Å². The number of ether oxygens (including phenoxy) is 1. The van der Waals surface area contributed by atoms with Gasteiger partial charge in [0.05, 0.1) is 11.5 Å². The third kappa shape index (κ3) is 3.46. The molecule has 6 heteroatoms. The molecular formula is C13H19NO4S. The monoisotopic (exact) mass is 285 g/mol. The van der Waals surface area contributed by atoms with E-state index in [4.69, 9.17) is 9.84 Å². The molecule has 1 aromatic rings. The van der Waals surface area contributed by atoms with Gasteiger partial charge < -0.3 is 9.84 Å². The molecule has 1 aliphatic heterocycles. The van der Waals surface area contributed by atoms with E-state index >= 15 is 0 Å². The van der Waals surface area contributed by atoms with E-state index in [1.165, 1.54) is 0 Å². The molecule has 1 aromatic carbocycles. The third-order valence-corrected chi connectivity index (χ3v) is 5.05. The number of rotatable bonds is 5. The number of piperidine rings is 1. The number of nitrogens with zero attached hydrogens (tertiary/aromatic N) is 1. The average molecular weight is 285 g/mol. The lowest BCUT2D eigenvalue weighted by Gasteiger charge is -2.25. The van der Waals surface area contributed by atoms with Gasteiger partial charge in [-0.3, -0.25) is 0 Å². The Morgan fingerprint density at radius 2 is 1.74 bits per heavy atom. The Bertz CT molecular complexity index is 492. The van der Waals surface area contributed by atoms with Crippen LogP contribution in [0.3, 0.4) is 0 Å². The van der Waals surface area contributed by atoms with Crippen LogP contribution in [-0.4, -0.2) is 44.1 Å². The smallest absolute Gasteiger partial charge is 0.243 e. The SMILES string of the molecule is O=S(=O)(c1ccc(OCCO)cc1)N1CCCCC1. The normalized spacial score (nSPS) is 17.3. The lowest BCUT2D eigenvalue weighted by atomic mass is 10.2. The van der Waals surface area contributed by atoms with E-state index in [2.05, 4.69) is 0 Å². The quantitative estimate of drug-likeness (QED) is 0.883. The summed E-state index contributed by atoms with van der Waals surface area (Å²) in [5.41, 5.74) is 0. The summed E-state index contributed by atoms with van der Waals surface area (Å²) < 4.78 is 31.5. The number of hydrogen-bond acceptors (Lipinski definition) is 4. The van der Waals surface area contributed by atoms with Crippen LogP contribution in [0, 0.1) is 0 Å². The van der Waals surface area contributed by atoms with E-state index in [1.54, 1.807) is 28.6 Å². The average Bonchev–Trinajstić information content (AvgIpc) is 2.46. The molecule has 19 heavy (non-hydrogen) atoms. The van der Waals surface area contributed by atoms with Gasteiger partial charge in [0.1, 0.15) is 12.4 Å². The molecule has 5 nitrogen and oxygen atoms in total. The van der Waals surface area contributed by atoms with Crippen molar-refractivity contribution in [1.29, 1.82) is 0 Å². The molecule has 0 aliphatic carbocycles. The number of sulfonamides is 1. The van der Waals surface area contributed by atoms with E-state index in [0.717, 1.165) is 19.3 Å². The van der Waals surface area contributed by atoms with Crippen LogP contribution < -0.4 is 4.74 Å². The highest BCUT2D eigenvalue weighted by Gasteiger charge is 2.25. The van der Waals surface area contributed by atoms with Crippen LogP contribution in [0.5, 0.6) is 5.75 Å². The van der Waals surface area contributed by atoms with Gasteiger partial charge in [0, 0.05) is 13.1 Å². The predicted octanol–water partition coefficient (Wildman–Crippen LogP) is 1.23. The van der Waals surface area contributed by atoms with E-state index in [0.29, 0.717) is 23.7 Å². The Balaban J connectivity index is 2.11. The Morgan fingerprint density at radius 1 is 1.11 bits per heavy atom. The number of aliphatic hydroxyl groups is 1. The Kier molecular flexibility index (Phi) is 4.79. The first-order chi connectivity index (χ1) is 9.14. The summed E-state index contributed by atoms with van der Waals surface area (Å²) >= 11 is 0. The van der Waals surface area contributed by atoms with Crippen LogP contribution in [0.25, 0.3) is 0 Å². The zero-order valence-electron chi connectivity index (χ0n) is 10.8. The molecule has 0 saturated carbocycles. The highest BCUT2D eigenvalue weighted by Crippen LogP contribution is 2.22. The second-order valence-corrected chi connectivity index (χ2v) is 6.45. The van der Waals surface area contributed by atoms with Gasteiger partial charge in [0.2, 0.25) is 10.0 Å². The molecule has 1 aliphatic rings. The Hall–Kier alpha value is -1.11. The second kappa shape index (κ2) is 6.36. The fraction of sp³-hybridized carbons (Fsp3) is 0.538. The highest BCUT2D eigenvalue weighted by atomic mass is 32.2. The minimum atomic E-state index is -3.37. The van der Waals surface area contributed by atoms with Gasteiger partial charge in [-0.1, -0.05) is 6.42 Å². The molecule has 0 unspecified atom stereocenters. The Morgan fingerprint density at radius 3 is 2.32 bits per heavy atom. The molecule has 106 valence electrons. The van der Waals surface area contributed by atoms with E-state index in [-0.39, 0.29) is 13.2 Å². The summed E-state index contributed by atoms with van der Waals surface area (Å²) in [4.78, 5) is 0.297. The minimum absolute atomic E-state index is 0.0617. The second-order valence-electron chi connectivity index (χ2n) is 4.51. The van der Waals surface area contributed by atoms with E-state index < -0.39 is 10.0 Å². The van der Waals surface area contributed by atoms with Crippen LogP contribution >= 0.6 is 0 Å². The van der Waals surface area contributed by atoms with Gasteiger partial charge in [-0.25, -0.2) is 8.42 Å². The minimum Gasteiger partial charge on any atom is -0.491 e. The summed E-state index contributed by atoms with van der Waals surface area (Å²) in [6.45, 7) is 1.35. The van der Waals surface area contributed by atoms with Crippen molar-refractivity contribution in [2.75, 3.05) is 26.3 Å². The van der Waals surface area contributed by atoms with Crippen molar-refractivity contribution in [3.8, 4) is 5.75 Å². The van der Waals surface area contributed by atoms with Crippen LogP contribution in [0.15, 0.2) is 29.2 Å². The molecule has 0 amide bonds. The molecule has 1 saturated heterocycles. The van der Waals surface area contributed by atoms with Crippen molar-refractivity contribution >= 4 is 10.0 Å². The van der Waals surface area contributed by atoms with Crippen LogP contribution in [-0.2, 0) is 10.0 Å². The molecule has 2 rings (SSSR count). The van der Waals surface area contributed by atoms with Crippen molar-refractivity contribution in [3.05, 3.63) is 24.3 Å². The largest absolute Gasteiger partial charge is 0.491 e. The molecule has 1 N–H and O–H groups in total. The lowest BCUT2D eigenvalue weighted by Crippen LogP contribution is -2.35. The van der Waals surface area contributed by atoms with Gasteiger partial charge in [-0.2, -0.15) is 4.31 Å². The molecular weight excluding hydrogens is 266 g/mol. The zero-order valence-corrected chi connectivity index (χ0v) is 11.6. The molecule has 1 heterocycles. The first-order valence-corrected chi connectivity index (χ1v) is 7.92. The third-order valence-electron chi connectivity index (χ3n) is 3.14. The van der Waals surface area contributed by atoms with E-state index in [1.807, 2.05) is 0 Å². The van der Waals surface area contributed by atoms with Crippen molar-refractivity contribution in [2.24, 2.45) is 0 Å². The van der Waals surface area contributed by atoms with Gasteiger partial charge in [-0.15, -0.1) is 0 Å². The van der Waals surface area contributed by atoms with E-state index in [9.17, 15) is 8.42 Å². The fourth-order valence-corrected chi connectivity index (χ4v) is 3.64. The van der Waals surface area contributed by atoms with Gasteiger partial charge in [-0.05, 0) is 37.1 Å². The van der Waals surface area contributed by atoms with Crippen molar-refractivity contribution in [1.82, 2.24) is 4.31 Å². The molecule has 0 radical (unpaired) electrons. The first-order valence-electron chi connectivity index (χ1n) is 6.48. The summed E-state index contributed by atoms with van der Waals surface area (Å²) in [5.74, 6) is 0.562. The maximum Gasteiger partial charge on any atom is 0.243 e. The van der Waals surface area contributed by atoms with Crippen LogP contribution in [0.1, 0.15) is 19.3 Å². The number of aliphatic hydroxyl groups excluding tert-OH is 1. The maximum absolute atomic E-state index is 12.4. The molecule has 0 atom stereocenters.